The molecule has 0 spiro atoms. The van der Waals surface area contributed by atoms with Gasteiger partial charge < -0.3 is 10.1 Å². The fraction of sp³-hybridized carbons (Fsp3) is 0.190. The number of alkyl halides is 1. The highest BCUT2D eigenvalue weighted by atomic mass is 79.9. The molecule has 6 heteroatoms. The Morgan fingerprint density at radius 1 is 1.11 bits per heavy atom. The number of carbonyl (C=O) groups is 2. The first kappa shape index (κ1) is 20.4. The van der Waals surface area contributed by atoms with E-state index in [0.717, 1.165) is 16.7 Å². The Morgan fingerprint density at radius 2 is 1.74 bits per heavy atom. The van der Waals surface area contributed by atoms with E-state index in [1.54, 1.807) is 6.21 Å². The molecule has 27 heavy (non-hydrogen) atoms. The van der Waals surface area contributed by atoms with Gasteiger partial charge in [-0.25, -0.2) is 4.79 Å². The van der Waals surface area contributed by atoms with E-state index >= 15 is 0 Å². The third-order valence-electron chi connectivity index (χ3n) is 3.53. The van der Waals surface area contributed by atoms with Crippen molar-refractivity contribution in [3.63, 3.8) is 0 Å². The van der Waals surface area contributed by atoms with Crippen LogP contribution in [0.15, 0.2) is 59.6 Å². The molecule has 0 aliphatic carbocycles. The van der Waals surface area contributed by atoms with Crippen molar-refractivity contribution in [3.8, 4) is 11.8 Å². The van der Waals surface area contributed by atoms with Crippen LogP contribution in [0.25, 0.3) is 0 Å². The lowest BCUT2D eigenvalue weighted by molar-refractivity contribution is -0.141. The summed E-state index contributed by atoms with van der Waals surface area (Å²) in [7, 11) is 1.29. The predicted molar refractivity (Wildman–Crippen MR) is 109 cm³/mol. The Labute approximate surface area is 167 Å². The first-order valence-electron chi connectivity index (χ1n) is 8.23. The third-order valence-corrected chi connectivity index (χ3v) is 4.04. The molecule has 0 aromatic heterocycles. The zero-order valence-electron chi connectivity index (χ0n) is 14.8. The van der Waals surface area contributed by atoms with E-state index in [1.807, 2.05) is 54.6 Å². The largest absolute Gasteiger partial charge is 0.467 e. The monoisotopic (exact) mass is 426 g/mol. The number of ether oxygens (including phenoxy) is 1. The first-order valence-corrected chi connectivity index (χ1v) is 9.35. The van der Waals surface area contributed by atoms with Crippen molar-refractivity contribution in [2.75, 3.05) is 19.0 Å². The maximum atomic E-state index is 11.8. The average molecular weight is 427 g/mol. The lowest BCUT2D eigenvalue weighted by Gasteiger charge is -2.10. The Balaban J connectivity index is 2.03. The van der Waals surface area contributed by atoms with Crippen LogP contribution < -0.4 is 5.32 Å². The van der Waals surface area contributed by atoms with E-state index in [1.165, 1.54) is 7.11 Å². The van der Waals surface area contributed by atoms with Gasteiger partial charge in [0.15, 0.2) is 6.04 Å². The topological polar surface area (TPSA) is 67.8 Å². The molecule has 5 nitrogen and oxygen atoms in total. The summed E-state index contributed by atoms with van der Waals surface area (Å²) >= 11 is 3.05. The molecule has 2 aromatic rings. The minimum absolute atomic E-state index is 0.0776. The fourth-order valence-corrected chi connectivity index (χ4v) is 2.28. The van der Waals surface area contributed by atoms with Gasteiger partial charge in [-0.15, -0.1) is 0 Å². The van der Waals surface area contributed by atoms with E-state index in [9.17, 15) is 9.59 Å². The first-order chi connectivity index (χ1) is 13.1. The van der Waals surface area contributed by atoms with Crippen molar-refractivity contribution in [1.82, 2.24) is 5.32 Å². The summed E-state index contributed by atoms with van der Waals surface area (Å²) in [6.07, 6.45) is 1.58. The quantitative estimate of drug-likeness (QED) is 0.334. The van der Waals surface area contributed by atoms with Crippen LogP contribution in [0.5, 0.6) is 0 Å². The highest BCUT2D eigenvalue weighted by Gasteiger charge is 2.17. The number of halogens is 1. The number of hydrogen-bond donors (Lipinski definition) is 1. The number of rotatable bonds is 6. The average Bonchev–Trinajstić information content (AvgIpc) is 2.73. The van der Waals surface area contributed by atoms with Crippen LogP contribution in [0, 0.1) is 11.8 Å². The molecular formula is C21H19BrN2O3. The van der Waals surface area contributed by atoms with Crippen LogP contribution in [0.4, 0.5) is 0 Å². The van der Waals surface area contributed by atoms with Gasteiger partial charge in [0.25, 0.3) is 0 Å². The molecule has 2 rings (SSSR count). The minimum Gasteiger partial charge on any atom is -0.467 e. The number of methoxy groups -OCH3 is 1. The molecule has 0 radical (unpaired) electrons. The van der Waals surface area contributed by atoms with Gasteiger partial charge in [0.2, 0.25) is 5.91 Å². The Hall–Kier alpha value is -2.91. The van der Waals surface area contributed by atoms with Gasteiger partial charge in [0, 0.05) is 17.3 Å². The second-order valence-electron chi connectivity index (χ2n) is 5.49. The van der Waals surface area contributed by atoms with Crippen LogP contribution in [-0.4, -0.2) is 43.1 Å². The number of esters is 1. The molecule has 0 fully saturated rings. The Bertz CT molecular complexity index is 852. The maximum absolute atomic E-state index is 11.8. The Kier molecular flexibility index (Phi) is 8.27. The van der Waals surface area contributed by atoms with E-state index in [2.05, 4.69) is 38.1 Å². The third kappa shape index (κ3) is 7.08. The fourth-order valence-electron chi connectivity index (χ4n) is 2.09. The lowest BCUT2D eigenvalue weighted by Crippen LogP contribution is -2.36. The molecule has 0 aliphatic rings. The number of benzene rings is 2. The minimum atomic E-state index is -0.796. The van der Waals surface area contributed by atoms with Gasteiger partial charge in [0.1, 0.15) is 0 Å². The van der Waals surface area contributed by atoms with E-state index in [0.29, 0.717) is 0 Å². The second kappa shape index (κ2) is 10.9. The summed E-state index contributed by atoms with van der Waals surface area (Å²) in [5.41, 5.74) is 2.65. The van der Waals surface area contributed by atoms with Crippen molar-refractivity contribution in [2.24, 2.45) is 4.99 Å². The van der Waals surface area contributed by atoms with Crippen LogP contribution in [0.3, 0.4) is 0 Å². The van der Waals surface area contributed by atoms with Gasteiger partial charge >= 0.3 is 5.97 Å². The van der Waals surface area contributed by atoms with Gasteiger partial charge in [-0.3, -0.25) is 9.79 Å². The molecular weight excluding hydrogens is 408 g/mol. The molecule has 0 heterocycles. The van der Waals surface area contributed by atoms with Crippen molar-refractivity contribution in [3.05, 3.63) is 71.3 Å². The number of nitrogens with one attached hydrogen (secondary N) is 1. The molecule has 138 valence electrons. The summed E-state index contributed by atoms with van der Waals surface area (Å²) < 4.78 is 4.73. The SMILES string of the molecule is COC(=O)[C@H](CNC(=O)CBr)N=Cc1ccc(C#Cc2ccccc2)cc1. The standard InChI is InChI=1S/C21H19BrN2O3/c1-27-21(26)19(15-24-20(25)13-22)23-14-18-11-9-17(10-12-18)8-7-16-5-3-2-4-6-16/h2-6,9-12,14,19H,13,15H2,1H3,(H,24,25)/t19-/m0/s1. The zero-order valence-corrected chi connectivity index (χ0v) is 16.4. The lowest BCUT2D eigenvalue weighted by atomic mass is 10.1. The van der Waals surface area contributed by atoms with Crippen LogP contribution >= 0.6 is 15.9 Å². The molecule has 0 saturated heterocycles. The molecule has 0 unspecified atom stereocenters. The highest BCUT2D eigenvalue weighted by Crippen LogP contribution is 2.04. The summed E-state index contributed by atoms with van der Waals surface area (Å²) in [6, 6.07) is 16.5. The zero-order chi connectivity index (χ0) is 19.5. The van der Waals surface area contributed by atoms with Gasteiger partial charge in [0.05, 0.1) is 19.0 Å². The van der Waals surface area contributed by atoms with Gasteiger partial charge in [-0.1, -0.05) is 58.1 Å². The van der Waals surface area contributed by atoms with Crippen LogP contribution in [0.2, 0.25) is 0 Å². The van der Waals surface area contributed by atoms with Crippen molar-refractivity contribution >= 4 is 34.0 Å². The van der Waals surface area contributed by atoms with Crippen molar-refractivity contribution in [1.29, 1.82) is 0 Å². The molecule has 1 N–H and O–H groups in total. The van der Waals surface area contributed by atoms with Crippen molar-refractivity contribution in [2.45, 2.75) is 6.04 Å². The number of carbonyl (C=O) groups excluding carboxylic acids is 2. The molecule has 0 bridgehead atoms. The smallest absolute Gasteiger partial charge is 0.332 e. The number of amides is 1. The molecule has 1 amide bonds. The van der Waals surface area contributed by atoms with Gasteiger partial charge in [-0.2, -0.15) is 0 Å². The predicted octanol–water partition coefficient (Wildman–Crippen LogP) is 2.56. The van der Waals surface area contributed by atoms with E-state index in [4.69, 9.17) is 4.74 Å². The molecule has 2 aromatic carbocycles. The summed E-state index contributed by atoms with van der Waals surface area (Å²) in [5.74, 6) is 5.47. The van der Waals surface area contributed by atoms with E-state index < -0.39 is 12.0 Å². The summed E-state index contributed by atoms with van der Waals surface area (Å²) in [6.45, 7) is 0.0776. The Morgan fingerprint density at radius 3 is 2.33 bits per heavy atom. The normalized spacial score (nSPS) is 11.3. The van der Waals surface area contributed by atoms with Gasteiger partial charge in [-0.05, 0) is 29.8 Å². The number of aliphatic imine (C=N–C) groups is 1. The number of nitrogens with zero attached hydrogens (tertiary/aromatic N) is 1. The maximum Gasteiger partial charge on any atom is 0.332 e. The molecule has 1 atom stereocenters. The second-order valence-corrected chi connectivity index (χ2v) is 6.05. The van der Waals surface area contributed by atoms with Crippen LogP contribution in [0.1, 0.15) is 16.7 Å². The highest BCUT2D eigenvalue weighted by molar-refractivity contribution is 9.09. The van der Waals surface area contributed by atoms with Crippen LogP contribution in [-0.2, 0) is 14.3 Å². The molecule has 0 saturated carbocycles. The summed E-state index contributed by atoms with van der Waals surface area (Å²) in [4.78, 5) is 27.3. The number of hydrogen-bond acceptors (Lipinski definition) is 4. The van der Waals surface area contributed by atoms with E-state index in [-0.39, 0.29) is 17.8 Å². The van der Waals surface area contributed by atoms with Crippen molar-refractivity contribution < 1.29 is 14.3 Å². The summed E-state index contributed by atoms with van der Waals surface area (Å²) in [5, 5.41) is 2.77. The molecule has 0 aliphatic heterocycles.